The average Bonchev–Trinajstić information content (AvgIpc) is 3.10. The average molecular weight is 312 g/mol. The molecule has 0 spiro atoms. The second kappa shape index (κ2) is 7.44. The van der Waals surface area contributed by atoms with E-state index in [-0.39, 0.29) is 11.6 Å². The molecule has 0 saturated carbocycles. The summed E-state index contributed by atoms with van der Waals surface area (Å²) in [6.07, 6.45) is 3.07. The summed E-state index contributed by atoms with van der Waals surface area (Å²) in [6, 6.07) is 6.71. The summed E-state index contributed by atoms with van der Waals surface area (Å²) in [5.41, 5.74) is 0. The van der Waals surface area contributed by atoms with Crippen LogP contribution in [0.25, 0.3) is 0 Å². The monoisotopic (exact) mass is 312 g/mol. The highest BCUT2D eigenvalue weighted by Gasteiger charge is 2.18. The molecule has 2 heterocycles. The topological polar surface area (TPSA) is 84.5 Å². The van der Waals surface area contributed by atoms with Gasteiger partial charge in [-0.05, 0) is 37.2 Å². The molecule has 2 rings (SSSR count). The summed E-state index contributed by atoms with van der Waals surface area (Å²) in [5.74, 6) is 1.34. The van der Waals surface area contributed by atoms with Crippen LogP contribution in [0.15, 0.2) is 44.5 Å². The maximum atomic E-state index is 12.0. The smallest absolute Gasteiger partial charge is 0.273 e. The maximum Gasteiger partial charge on any atom is 0.273 e. The van der Waals surface area contributed by atoms with Crippen molar-refractivity contribution in [2.24, 2.45) is 0 Å². The molecule has 116 valence electrons. The molecule has 2 N–H and O–H groups in total. The van der Waals surface area contributed by atoms with E-state index in [4.69, 9.17) is 8.83 Å². The molecule has 21 heavy (non-hydrogen) atoms. The first-order valence-electron chi connectivity index (χ1n) is 6.93. The van der Waals surface area contributed by atoms with Gasteiger partial charge in [-0.3, -0.25) is 0 Å². The lowest BCUT2D eigenvalue weighted by atomic mass is 10.3. The Morgan fingerprint density at radius 2 is 2.00 bits per heavy atom. The summed E-state index contributed by atoms with van der Waals surface area (Å²) in [6.45, 7) is 3.72. The molecule has 0 aliphatic rings. The molecule has 0 aliphatic carbocycles. The first-order chi connectivity index (χ1) is 10.1. The van der Waals surface area contributed by atoms with E-state index >= 15 is 0 Å². The van der Waals surface area contributed by atoms with Gasteiger partial charge in [0.25, 0.3) is 10.0 Å². The lowest BCUT2D eigenvalue weighted by molar-refractivity contribution is 0.399. The second-order valence-electron chi connectivity index (χ2n) is 4.62. The summed E-state index contributed by atoms with van der Waals surface area (Å²) in [5, 5.41) is 3.10. The molecular formula is C14H20N2O4S. The van der Waals surface area contributed by atoms with Gasteiger partial charge < -0.3 is 14.2 Å². The van der Waals surface area contributed by atoms with Crippen molar-refractivity contribution in [3.8, 4) is 0 Å². The van der Waals surface area contributed by atoms with Crippen LogP contribution in [0.4, 0.5) is 0 Å². The lowest BCUT2D eigenvalue weighted by Gasteiger charge is -2.03. The summed E-state index contributed by atoms with van der Waals surface area (Å²) in [4.78, 5) is 0. The molecule has 6 nitrogen and oxygen atoms in total. The first kappa shape index (κ1) is 15.8. The van der Waals surface area contributed by atoms with Gasteiger partial charge in [-0.1, -0.05) is 6.92 Å². The van der Waals surface area contributed by atoms with Crippen molar-refractivity contribution in [2.45, 2.75) is 31.4 Å². The fourth-order valence-corrected chi connectivity index (χ4v) is 2.80. The second-order valence-corrected chi connectivity index (χ2v) is 6.32. The van der Waals surface area contributed by atoms with Crippen molar-refractivity contribution in [1.29, 1.82) is 0 Å². The fourth-order valence-electron chi connectivity index (χ4n) is 1.82. The van der Waals surface area contributed by atoms with Gasteiger partial charge in [0.05, 0.1) is 12.8 Å². The largest absolute Gasteiger partial charge is 0.469 e. The van der Waals surface area contributed by atoms with Crippen LogP contribution in [-0.4, -0.2) is 21.5 Å². The minimum Gasteiger partial charge on any atom is -0.469 e. The van der Waals surface area contributed by atoms with Crippen LogP contribution in [-0.2, 0) is 23.0 Å². The van der Waals surface area contributed by atoms with E-state index in [9.17, 15) is 8.42 Å². The van der Waals surface area contributed by atoms with Gasteiger partial charge in [0.2, 0.25) is 5.09 Å². The molecule has 0 unspecified atom stereocenters. The Kier molecular flexibility index (Phi) is 5.60. The van der Waals surface area contributed by atoms with Crippen molar-refractivity contribution in [3.63, 3.8) is 0 Å². The van der Waals surface area contributed by atoms with Gasteiger partial charge in [-0.15, -0.1) is 0 Å². The number of sulfonamides is 1. The number of rotatable bonds is 9. The summed E-state index contributed by atoms with van der Waals surface area (Å²) < 4.78 is 37.1. The van der Waals surface area contributed by atoms with E-state index in [1.165, 1.54) is 6.07 Å². The van der Waals surface area contributed by atoms with Gasteiger partial charge in [0, 0.05) is 13.0 Å². The van der Waals surface area contributed by atoms with Crippen LogP contribution in [0.3, 0.4) is 0 Å². The lowest BCUT2D eigenvalue weighted by Crippen LogP contribution is -2.25. The van der Waals surface area contributed by atoms with E-state index in [1.807, 2.05) is 0 Å². The van der Waals surface area contributed by atoms with E-state index in [0.717, 1.165) is 18.7 Å². The standard InChI is InChI=1S/C14H20N2O4S/c1-2-8-15-11-13-5-6-14(20-13)21(17,18)16-9-7-12-4-3-10-19-12/h3-6,10,15-16H,2,7-9,11H2,1H3. The zero-order valence-electron chi connectivity index (χ0n) is 12.0. The van der Waals surface area contributed by atoms with Crippen LogP contribution in [0.5, 0.6) is 0 Å². The van der Waals surface area contributed by atoms with Gasteiger partial charge in [-0.2, -0.15) is 0 Å². The molecule has 2 aromatic heterocycles. The van der Waals surface area contributed by atoms with Crippen LogP contribution >= 0.6 is 0 Å². The Morgan fingerprint density at radius 3 is 2.71 bits per heavy atom. The van der Waals surface area contributed by atoms with Gasteiger partial charge in [0.1, 0.15) is 11.5 Å². The highest BCUT2D eigenvalue weighted by atomic mass is 32.2. The fraction of sp³-hybridized carbons (Fsp3) is 0.429. The van der Waals surface area contributed by atoms with Gasteiger partial charge >= 0.3 is 0 Å². The predicted octanol–water partition coefficient (Wildman–Crippen LogP) is 1.89. The van der Waals surface area contributed by atoms with E-state index in [1.54, 1.807) is 24.5 Å². The van der Waals surface area contributed by atoms with Gasteiger partial charge in [-0.25, -0.2) is 13.1 Å². The van der Waals surface area contributed by atoms with Crippen LogP contribution < -0.4 is 10.0 Å². The Hall–Kier alpha value is -1.57. The van der Waals surface area contributed by atoms with Crippen LogP contribution in [0.1, 0.15) is 24.9 Å². The van der Waals surface area contributed by atoms with Crippen molar-refractivity contribution in [1.82, 2.24) is 10.0 Å². The quantitative estimate of drug-likeness (QED) is 0.691. The number of furan rings is 2. The Balaban J connectivity index is 1.86. The number of nitrogens with one attached hydrogen (secondary N) is 2. The zero-order valence-corrected chi connectivity index (χ0v) is 12.8. The highest BCUT2D eigenvalue weighted by molar-refractivity contribution is 7.89. The Bertz CT molecular complexity index is 632. The Labute approximate surface area is 124 Å². The third-order valence-corrected chi connectivity index (χ3v) is 4.20. The van der Waals surface area contributed by atoms with E-state index < -0.39 is 10.0 Å². The molecule has 0 bridgehead atoms. The van der Waals surface area contributed by atoms with Crippen molar-refractivity contribution in [2.75, 3.05) is 13.1 Å². The molecule has 7 heteroatoms. The van der Waals surface area contributed by atoms with Crippen LogP contribution in [0, 0.1) is 0 Å². The molecule has 0 atom stereocenters. The van der Waals surface area contributed by atoms with Gasteiger partial charge in [0.15, 0.2) is 0 Å². The van der Waals surface area contributed by atoms with E-state index in [2.05, 4.69) is 17.0 Å². The molecule has 0 aliphatic heterocycles. The molecule has 2 aromatic rings. The molecule has 0 radical (unpaired) electrons. The van der Waals surface area contributed by atoms with Crippen molar-refractivity contribution in [3.05, 3.63) is 42.0 Å². The number of hydrogen-bond donors (Lipinski definition) is 2. The molecule has 0 saturated heterocycles. The SMILES string of the molecule is CCCNCc1ccc(S(=O)(=O)NCCc2ccco2)o1. The molecule has 0 amide bonds. The normalized spacial score (nSPS) is 11.9. The van der Waals surface area contributed by atoms with Crippen molar-refractivity contribution < 1.29 is 17.3 Å². The van der Waals surface area contributed by atoms with Crippen LogP contribution in [0.2, 0.25) is 0 Å². The minimum atomic E-state index is -3.61. The molecular weight excluding hydrogens is 292 g/mol. The third-order valence-electron chi connectivity index (χ3n) is 2.87. The summed E-state index contributed by atoms with van der Waals surface area (Å²) in [7, 11) is -3.61. The maximum absolute atomic E-state index is 12.0. The minimum absolute atomic E-state index is 0.0600. The Morgan fingerprint density at radius 1 is 1.14 bits per heavy atom. The first-order valence-corrected chi connectivity index (χ1v) is 8.41. The highest BCUT2D eigenvalue weighted by Crippen LogP contribution is 2.13. The molecule has 0 aromatic carbocycles. The molecule has 0 fully saturated rings. The van der Waals surface area contributed by atoms with Crippen molar-refractivity contribution >= 4 is 10.0 Å². The third kappa shape index (κ3) is 4.73. The number of hydrogen-bond acceptors (Lipinski definition) is 5. The predicted molar refractivity (Wildman–Crippen MR) is 78.3 cm³/mol. The summed E-state index contributed by atoms with van der Waals surface area (Å²) >= 11 is 0. The van der Waals surface area contributed by atoms with E-state index in [0.29, 0.717) is 18.7 Å². The zero-order chi connectivity index (χ0) is 15.1.